The molecule has 0 bridgehead atoms. The molecule has 0 radical (unpaired) electrons. The summed E-state index contributed by atoms with van der Waals surface area (Å²) in [6.07, 6.45) is 7.07. The van der Waals surface area contributed by atoms with E-state index in [9.17, 15) is 4.79 Å². The van der Waals surface area contributed by atoms with E-state index in [0.29, 0.717) is 23.8 Å². The zero-order valence-corrected chi connectivity index (χ0v) is 14.1. The van der Waals surface area contributed by atoms with E-state index in [0.717, 1.165) is 25.0 Å². The summed E-state index contributed by atoms with van der Waals surface area (Å²) in [5.41, 5.74) is 1.65. The molecule has 6 nitrogen and oxygen atoms in total. The first-order valence-corrected chi connectivity index (χ1v) is 8.50. The monoisotopic (exact) mass is 348 g/mol. The van der Waals surface area contributed by atoms with Crippen molar-refractivity contribution in [3.8, 4) is 0 Å². The van der Waals surface area contributed by atoms with Gasteiger partial charge in [0.05, 0.1) is 24.5 Å². The van der Waals surface area contributed by atoms with Crippen LogP contribution in [-0.2, 0) is 17.8 Å². The summed E-state index contributed by atoms with van der Waals surface area (Å²) in [5.74, 6) is 0. The average Bonchev–Trinajstić information content (AvgIpc) is 3.02. The molecule has 0 aliphatic carbocycles. The topological polar surface area (TPSA) is 68.2 Å². The Balaban J connectivity index is 1.45. The first-order valence-electron chi connectivity index (χ1n) is 8.12. The van der Waals surface area contributed by atoms with Gasteiger partial charge in [-0.2, -0.15) is 5.10 Å². The van der Waals surface area contributed by atoms with E-state index < -0.39 is 0 Å². The summed E-state index contributed by atoms with van der Waals surface area (Å²) >= 11 is 5.84. The highest BCUT2D eigenvalue weighted by molar-refractivity contribution is 6.30. The number of rotatable bonds is 5. The van der Waals surface area contributed by atoms with Crippen LogP contribution in [0.3, 0.4) is 0 Å². The Labute approximate surface area is 146 Å². The second-order valence-corrected chi connectivity index (χ2v) is 6.31. The van der Waals surface area contributed by atoms with Gasteiger partial charge in [0.15, 0.2) is 0 Å². The van der Waals surface area contributed by atoms with Crippen molar-refractivity contribution < 1.29 is 9.53 Å². The minimum Gasteiger partial charge on any atom is -0.376 e. The number of aromatic nitrogens is 2. The van der Waals surface area contributed by atoms with Crippen molar-refractivity contribution in [2.24, 2.45) is 0 Å². The molecule has 0 unspecified atom stereocenters. The predicted molar refractivity (Wildman–Crippen MR) is 93.1 cm³/mol. The molecule has 1 aromatic carbocycles. The normalized spacial score (nSPS) is 17.5. The molecular formula is C17H21ClN4O2. The molecule has 1 aliphatic rings. The third-order valence-electron chi connectivity index (χ3n) is 3.92. The Morgan fingerprint density at radius 3 is 2.92 bits per heavy atom. The molecule has 2 amide bonds. The van der Waals surface area contributed by atoms with Crippen LogP contribution in [0.15, 0.2) is 36.7 Å². The van der Waals surface area contributed by atoms with Crippen LogP contribution in [0.25, 0.3) is 0 Å². The van der Waals surface area contributed by atoms with Crippen LogP contribution in [0.1, 0.15) is 24.8 Å². The van der Waals surface area contributed by atoms with Gasteiger partial charge in [0.1, 0.15) is 0 Å². The van der Waals surface area contributed by atoms with Crippen LogP contribution in [0.5, 0.6) is 0 Å². The van der Waals surface area contributed by atoms with Gasteiger partial charge in [-0.15, -0.1) is 0 Å². The molecule has 2 heterocycles. The lowest BCUT2D eigenvalue weighted by Gasteiger charge is -2.22. The van der Waals surface area contributed by atoms with Gasteiger partial charge in [-0.05, 0) is 37.0 Å². The highest BCUT2D eigenvalue weighted by atomic mass is 35.5. The van der Waals surface area contributed by atoms with Gasteiger partial charge < -0.3 is 15.4 Å². The van der Waals surface area contributed by atoms with E-state index in [-0.39, 0.29) is 12.1 Å². The number of carbonyl (C=O) groups is 1. The van der Waals surface area contributed by atoms with Crippen molar-refractivity contribution in [1.82, 2.24) is 15.1 Å². The minimum absolute atomic E-state index is 0.213. The number of hydrogen-bond acceptors (Lipinski definition) is 3. The Kier molecular flexibility index (Phi) is 5.72. The van der Waals surface area contributed by atoms with Crippen molar-refractivity contribution >= 4 is 23.3 Å². The van der Waals surface area contributed by atoms with Gasteiger partial charge in [0, 0.05) is 24.4 Å². The van der Waals surface area contributed by atoms with Crippen LogP contribution >= 0.6 is 11.6 Å². The van der Waals surface area contributed by atoms with Gasteiger partial charge >= 0.3 is 6.03 Å². The molecule has 3 rings (SSSR count). The fourth-order valence-corrected chi connectivity index (χ4v) is 2.77. The number of carbonyl (C=O) groups excluding carboxylic acids is 1. The van der Waals surface area contributed by atoms with Crippen molar-refractivity contribution in [3.63, 3.8) is 0 Å². The van der Waals surface area contributed by atoms with Crippen molar-refractivity contribution in [1.29, 1.82) is 0 Å². The Morgan fingerprint density at radius 2 is 2.17 bits per heavy atom. The van der Waals surface area contributed by atoms with E-state index in [1.807, 2.05) is 23.0 Å². The molecule has 2 N–H and O–H groups in total. The minimum atomic E-state index is -0.265. The van der Waals surface area contributed by atoms with Crippen LogP contribution in [-0.4, -0.2) is 28.5 Å². The zero-order chi connectivity index (χ0) is 16.8. The van der Waals surface area contributed by atoms with E-state index >= 15 is 0 Å². The maximum absolute atomic E-state index is 11.9. The zero-order valence-electron chi connectivity index (χ0n) is 13.4. The highest BCUT2D eigenvalue weighted by Gasteiger charge is 2.15. The van der Waals surface area contributed by atoms with Crippen LogP contribution in [0.4, 0.5) is 10.5 Å². The number of anilines is 1. The predicted octanol–water partition coefficient (Wildman–Crippen LogP) is 3.43. The third-order valence-corrected chi connectivity index (χ3v) is 4.17. The molecule has 1 saturated heterocycles. The first-order chi connectivity index (χ1) is 11.7. The first kappa shape index (κ1) is 16.8. The van der Waals surface area contributed by atoms with Crippen LogP contribution < -0.4 is 10.6 Å². The molecule has 1 fully saturated rings. The van der Waals surface area contributed by atoms with Gasteiger partial charge in [0.25, 0.3) is 0 Å². The van der Waals surface area contributed by atoms with Crippen molar-refractivity contribution in [2.75, 3.05) is 11.9 Å². The lowest BCUT2D eigenvalue weighted by atomic mass is 10.1. The van der Waals surface area contributed by atoms with Crippen molar-refractivity contribution in [3.05, 3.63) is 47.2 Å². The summed E-state index contributed by atoms with van der Waals surface area (Å²) in [4.78, 5) is 11.9. The SMILES string of the molecule is O=C(NCc1ccc(Cl)cc1)Nc1cnn(C[C@@H]2CCCCO2)c1. The van der Waals surface area contributed by atoms with E-state index in [1.54, 1.807) is 18.3 Å². The second kappa shape index (κ2) is 8.17. The maximum atomic E-state index is 11.9. The largest absolute Gasteiger partial charge is 0.376 e. The summed E-state index contributed by atoms with van der Waals surface area (Å²) in [5, 5.41) is 10.5. The number of urea groups is 1. The standard InChI is InChI=1S/C17H21ClN4O2/c18-14-6-4-13(5-7-14)9-19-17(23)21-15-10-20-22(11-15)12-16-3-1-2-8-24-16/h4-7,10-11,16H,1-3,8-9,12H2,(H2,19,21,23)/t16-/m0/s1. The molecular weight excluding hydrogens is 328 g/mol. The summed E-state index contributed by atoms with van der Waals surface area (Å²) in [6.45, 7) is 1.98. The molecule has 7 heteroatoms. The molecule has 1 aliphatic heterocycles. The average molecular weight is 349 g/mol. The Hall–Kier alpha value is -2.05. The lowest BCUT2D eigenvalue weighted by Crippen LogP contribution is -2.28. The number of nitrogens with zero attached hydrogens (tertiary/aromatic N) is 2. The molecule has 1 atom stereocenters. The molecule has 24 heavy (non-hydrogen) atoms. The number of halogens is 1. The van der Waals surface area contributed by atoms with Crippen LogP contribution in [0.2, 0.25) is 5.02 Å². The summed E-state index contributed by atoms with van der Waals surface area (Å²) in [6, 6.07) is 7.09. The molecule has 0 saturated carbocycles. The van der Waals surface area contributed by atoms with E-state index in [2.05, 4.69) is 15.7 Å². The third kappa shape index (κ3) is 4.97. The Morgan fingerprint density at radius 1 is 1.33 bits per heavy atom. The lowest BCUT2D eigenvalue weighted by molar-refractivity contribution is 0.00401. The van der Waals surface area contributed by atoms with E-state index in [1.165, 1.54) is 6.42 Å². The van der Waals surface area contributed by atoms with Crippen molar-refractivity contribution in [2.45, 2.75) is 38.5 Å². The smallest absolute Gasteiger partial charge is 0.319 e. The number of ether oxygens (including phenoxy) is 1. The fourth-order valence-electron chi connectivity index (χ4n) is 2.65. The van der Waals surface area contributed by atoms with Gasteiger partial charge in [-0.3, -0.25) is 4.68 Å². The van der Waals surface area contributed by atoms with E-state index in [4.69, 9.17) is 16.3 Å². The molecule has 1 aromatic heterocycles. The molecule has 0 spiro atoms. The van der Waals surface area contributed by atoms with Crippen LogP contribution in [0, 0.1) is 0 Å². The fraction of sp³-hybridized carbons (Fsp3) is 0.412. The number of amides is 2. The highest BCUT2D eigenvalue weighted by Crippen LogP contribution is 2.15. The maximum Gasteiger partial charge on any atom is 0.319 e. The second-order valence-electron chi connectivity index (χ2n) is 5.87. The quantitative estimate of drug-likeness (QED) is 0.869. The molecule has 2 aromatic rings. The van der Waals surface area contributed by atoms with Gasteiger partial charge in [0.2, 0.25) is 0 Å². The molecule has 128 valence electrons. The number of benzene rings is 1. The van der Waals surface area contributed by atoms with Gasteiger partial charge in [-0.1, -0.05) is 23.7 Å². The number of hydrogen-bond donors (Lipinski definition) is 2. The number of nitrogens with one attached hydrogen (secondary N) is 2. The summed E-state index contributed by atoms with van der Waals surface area (Å²) < 4.78 is 7.51. The summed E-state index contributed by atoms with van der Waals surface area (Å²) in [7, 11) is 0. The van der Waals surface area contributed by atoms with Gasteiger partial charge in [-0.25, -0.2) is 4.79 Å². The Bertz CT molecular complexity index is 665.